The molecule has 0 spiro atoms. The van der Waals surface area contributed by atoms with Crippen molar-refractivity contribution in [2.45, 2.75) is 6.54 Å². The van der Waals surface area contributed by atoms with Crippen LogP contribution in [0.25, 0.3) is 33.3 Å². The lowest BCUT2D eigenvalue weighted by Gasteiger charge is -1.99. The van der Waals surface area contributed by atoms with Gasteiger partial charge in [0.05, 0.1) is 6.20 Å². The van der Waals surface area contributed by atoms with Gasteiger partial charge in [0, 0.05) is 46.7 Å². The van der Waals surface area contributed by atoms with Gasteiger partial charge < -0.3 is 9.97 Å². The summed E-state index contributed by atoms with van der Waals surface area (Å²) in [6.45, 7) is 0.107. The summed E-state index contributed by atoms with van der Waals surface area (Å²) in [6.07, 6.45) is 8.71. The number of rotatable bonds is 4. The molecule has 0 aliphatic carbocycles. The van der Waals surface area contributed by atoms with Crippen molar-refractivity contribution in [3.05, 3.63) is 60.8 Å². The van der Waals surface area contributed by atoms with Crippen LogP contribution in [0.2, 0.25) is 0 Å². The molecule has 5 heterocycles. The van der Waals surface area contributed by atoms with Gasteiger partial charge in [-0.15, -0.1) is 5.10 Å². The highest BCUT2D eigenvalue weighted by Crippen LogP contribution is 2.25. The predicted octanol–water partition coefficient (Wildman–Crippen LogP) is 2.58. The van der Waals surface area contributed by atoms with Crippen LogP contribution >= 0.6 is 0 Å². The fraction of sp³-hybridized carbons (Fsp3) is 0.0556. The van der Waals surface area contributed by atoms with Gasteiger partial charge in [0.2, 0.25) is 0 Å². The number of nitrogens with one attached hydrogen (secondary N) is 2. The number of aromatic nitrogens is 7. The van der Waals surface area contributed by atoms with Gasteiger partial charge in [-0.05, 0) is 24.3 Å². The molecular formula is C18H13N7O. The van der Waals surface area contributed by atoms with Crippen molar-refractivity contribution in [3.8, 4) is 11.3 Å². The third-order valence-corrected chi connectivity index (χ3v) is 4.32. The second kappa shape index (κ2) is 5.62. The zero-order valence-electron chi connectivity index (χ0n) is 13.5. The van der Waals surface area contributed by atoms with Gasteiger partial charge >= 0.3 is 0 Å². The van der Waals surface area contributed by atoms with Crippen LogP contribution in [-0.2, 0) is 6.54 Å². The number of hydrogen-bond donors (Lipinski definition) is 2. The molecule has 5 rings (SSSR count). The molecule has 0 atom stereocenters. The summed E-state index contributed by atoms with van der Waals surface area (Å²) >= 11 is 0. The van der Waals surface area contributed by atoms with Gasteiger partial charge in [0.25, 0.3) is 0 Å². The van der Waals surface area contributed by atoms with Crippen LogP contribution in [0.1, 0.15) is 10.4 Å². The molecule has 5 aromatic heterocycles. The van der Waals surface area contributed by atoms with Crippen molar-refractivity contribution in [1.82, 2.24) is 34.9 Å². The van der Waals surface area contributed by atoms with Crippen molar-refractivity contribution in [3.63, 3.8) is 0 Å². The maximum absolute atomic E-state index is 12.6. The van der Waals surface area contributed by atoms with E-state index < -0.39 is 0 Å². The van der Waals surface area contributed by atoms with E-state index in [4.69, 9.17) is 0 Å². The highest BCUT2D eigenvalue weighted by Gasteiger charge is 2.15. The maximum Gasteiger partial charge on any atom is 0.186 e. The standard InChI is InChI=1S/C18H13N7O/c26-16(14-8-22-18-12(14)4-2-6-20-18)10-25-9-15(23-24-25)13-7-21-17-11(13)3-1-5-19-17/h1-9H,10H2,(H,19,21)(H,20,22). The molecular weight excluding hydrogens is 330 g/mol. The predicted molar refractivity (Wildman–Crippen MR) is 95.5 cm³/mol. The Hall–Kier alpha value is -3.81. The van der Waals surface area contributed by atoms with Gasteiger partial charge in [-0.2, -0.15) is 0 Å². The highest BCUT2D eigenvalue weighted by molar-refractivity contribution is 6.06. The molecule has 0 bridgehead atoms. The molecule has 0 radical (unpaired) electrons. The number of carbonyl (C=O) groups is 1. The van der Waals surface area contributed by atoms with Crippen molar-refractivity contribution in [2.24, 2.45) is 0 Å². The average Bonchev–Trinajstić information content (AvgIpc) is 3.39. The molecule has 0 aromatic carbocycles. The SMILES string of the molecule is O=C(Cn1cc(-c2c[nH]c3ncccc23)nn1)c1c[nH]c2ncccc12. The largest absolute Gasteiger partial charge is 0.345 e. The maximum atomic E-state index is 12.6. The van der Waals surface area contributed by atoms with Crippen LogP contribution in [0.3, 0.4) is 0 Å². The Labute approximate surface area is 146 Å². The zero-order chi connectivity index (χ0) is 17.5. The first-order valence-electron chi connectivity index (χ1n) is 8.07. The first kappa shape index (κ1) is 14.5. The number of Topliss-reactive ketones (excluding diaryl/α,β-unsaturated/α-hetero) is 1. The molecule has 2 N–H and O–H groups in total. The van der Waals surface area contributed by atoms with Crippen molar-refractivity contribution in [1.29, 1.82) is 0 Å². The minimum absolute atomic E-state index is 0.0544. The van der Waals surface area contributed by atoms with Crippen LogP contribution in [0.5, 0.6) is 0 Å². The Balaban J connectivity index is 1.45. The number of ketones is 1. The van der Waals surface area contributed by atoms with E-state index in [-0.39, 0.29) is 12.3 Å². The number of pyridine rings is 2. The Bertz CT molecular complexity index is 1250. The van der Waals surface area contributed by atoms with E-state index in [1.807, 2.05) is 30.5 Å². The van der Waals surface area contributed by atoms with Gasteiger partial charge in [0.1, 0.15) is 23.5 Å². The monoisotopic (exact) mass is 343 g/mol. The number of aromatic amines is 2. The molecule has 8 heteroatoms. The topological polar surface area (TPSA) is 105 Å². The van der Waals surface area contributed by atoms with Crippen molar-refractivity contribution < 1.29 is 4.79 Å². The van der Waals surface area contributed by atoms with E-state index >= 15 is 0 Å². The van der Waals surface area contributed by atoms with Gasteiger partial charge in [-0.3, -0.25) is 4.79 Å². The Morgan fingerprint density at radius 3 is 2.58 bits per heavy atom. The normalized spacial score (nSPS) is 11.4. The minimum Gasteiger partial charge on any atom is -0.345 e. The number of fused-ring (bicyclic) bond motifs is 2. The van der Waals surface area contributed by atoms with E-state index in [9.17, 15) is 4.79 Å². The van der Waals surface area contributed by atoms with Crippen LogP contribution in [-0.4, -0.2) is 40.7 Å². The number of hydrogen-bond acceptors (Lipinski definition) is 5. The van der Waals surface area contributed by atoms with Gasteiger partial charge in [0.15, 0.2) is 5.78 Å². The molecule has 0 fully saturated rings. The average molecular weight is 343 g/mol. The molecule has 26 heavy (non-hydrogen) atoms. The van der Waals surface area contributed by atoms with E-state index in [1.165, 1.54) is 0 Å². The summed E-state index contributed by atoms with van der Waals surface area (Å²) in [7, 11) is 0. The smallest absolute Gasteiger partial charge is 0.186 e. The fourth-order valence-electron chi connectivity index (χ4n) is 3.09. The lowest BCUT2D eigenvalue weighted by molar-refractivity contribution is 0.0968. The molecule has 0 saturated heterocycles. The summed E-state index contributed by atoms with van der Waals surface area (Å²) in [4.78, 5) is 27.2. The molecule has 0 aliphatic heterocycles. The lowest BCUT2D eigenvalue weighted by atomic mass is 10.1. The molecule has 0 saturated carbocycles. The Kier molecular flexibility index (Phi) is 3.14. The molecule has 126 valence electrons. The molecule has 0 aliphatic rings. The molecule has 0 amide bonds. The van der Waals surface area contributed by atoms with Crippen LogP contribution in [0.4, 0.5) is 0 Å². The second-order valence-electron chi connectivity index (χ2n) is 5.93. The van der Waals surface area contributed by atoms with Crippen LogP contribution < -0.4 is 0 Å². The summed E-state index contributed by atoms with van der Waals surface area (Å²) < 4.78 is 1.54. The molecule has 5 aromatic rings. The quantitative estimate of drug-likeness (QED) is 0.488. The summed E-state index contributed by atoms with van der Waals surface area (Å²) in [5, 5.41) is 10.1. The number of nitrogens with zero attached hydrogens (tertiary/aromatic N) is 5. The molecule has 8 nitrogen and oxygen atoms in total. The van der Waals surface area contributed by atoms with Crippen molar-refractivity contribution >= 4 is 27.9 Å². The lowest BCUT2D eigenvalue weighted by Crippen LogP contribution is -2.10. The van der Waals surface area contributed by atoms with Crippen molar-refractivity contribution in [2.75, 3.05) is 0 Å². The third kappa shape index (κ3) is 2.27. The van der Waals surface area contributed by atoms with Gasteiger partial charge in [-0.25, -0.2) is 14.6 Å². The Morgan fingerprint density at radius 2 is 1.73 bits per heavy atom. The minimum atomic E-state index is -0.0544. The van der Waals surface area contributed by atoms with Crippen LogP contribution in [0, 0.1) is 0 Å². The Morgan fingerprint density at radius 1 is 1.00 bits per heavy atom. The van der Waals surface area contributed by atoms with E-state index in [2.05, 4.69) is 30.2 Å². The summed E-state index contributed by atoms with van der Waals surface area (Å²) in [5.41, 5.74) is 3.68. The number of H-pyrrole nitrogens is 2. The van der Waals surface area contributed by atoms with E-state index in [0.717, 1.165) is 22.0 Å². The fourth-order valence-corrected chi connectivity index (χ4v) is 3.09. The highest BCUT2D eigenvalue weighted by atomic mass is 16.1. The summed E-state index contributed by atoms with van der Waals surface area (Å²) in [6, 6.07) is 7.53. The van der Waals surface area contributed by atoms with Gasteiger partial charge in [-0.1, -0.05) is 5.21 Å². The third-order valence-electron chi connectivity index (χ3n) is 4.32. The zero-order valence-corrected chi connectivity index (χ0v) is 13.5. The molecule has 0 unspecified atom stereocenters. The summed E-state index contributed by atoms with van der Waals surface area (Å²) in [5.74, 6) is -0.0544. The number of carbonyl (C=O) groups excluding carboxylic acids is 1. The first-order chi connectivity index (χ1) is 12.8. The van der Waals surface area contributed by atoms with Crippen LogP contribution in [0.15, 0.2) is 55.2 Å². The van der Waals surface area contributed by atoms with E-state index in [1.54, 1.807) is 29.5 Å². The van der Waals surface area contributed by atoms with E-state index in [0.29, 0.717) is 16.9 Å². The first-order valence-corrected chi connectivity index (χ1v) is 8.07. The second-order valence-corrected chi connectivity index (χ2v) is 5.93.